The Morgan fingerprint density at radius 2 is 2.24 bits per heavy atom. The van der Waals surface area contributed by atoms with Gasteiger partial charge in [0, 0.05) is 11.5 Å². The largest absolute Gasteiger partial charge is 0.481 e. The quantitative estimate of drug-likeness (QED) is 0.939. The second-order valence-electron chi connectivity index (χ2n) is 5.13. The van der Waals surface area contributed by atoms with E-state index in [0.29, 0.717) is 30.7 Å². The molecule has 0 saturated heterocycles. The van der Waals surface area contributed by atoms with Gasteiger partial charge in [0.1, 0.15) is 5.82 Å². The van der Waals surface area contributed by atoms with Crippen molar-refractivity contribution >= 4 is 17.6 Å². The smallest absolute Gasteiger partial charge is 0.306 e. The van der Waals surface area contributed by atoms with Gasteiger partial charge in [-0.1, -0.05) is 16.8 Å². The lowest BCUT2D eigenvalue weighted by Gasteiger charge is -2.02. The molecule has 1 aromatic carbocycles. The summed E-state index contributed by atoms with van der Waals surface area (Å²) in [4.78, 5) is 15.2. The summed E-state index contributed by atoms with van der Waals surface area (Å²) in [5.41, 5.74) is 0.487. The van der Waals surface area contributed by atoms with E-state index in [1.54, 1.807) is 0 Å². The zero-order chi connectivity index (χ0) is 15.0. The summed E-state index contributed by atoms with van der Waals surface area (Å²) < 4.78 is 18.2. The summed E-state index contributed by atoms with van der Waals surface area (Å²) in [6.07, 6.45) is 1.80. The first-order valence-corrected chi connectivity index (χ1v) is 6.94. The SMILES string of the molecule is O=C(O)C1CCC(c2nc(-c3ccc(F)cc3Cl)no2)C1. The molecule has 1 aromatic heterocycles. The Morgan fingerprint density at radius 3 is 2.90 bits per heavy atom. The maximum atomic E-state index is 13.0. The van der Waals surface area contributed by atoms with Crippen molar-refractivity contribution in [1.29, 1.82) is 0 Å². The van der Waals surface area contributed by atoms with Crippen LogP contribution in [-0.4, -0.2) is 21.2 Å². The van der Waals surface area contributed by atoms with Gasteiger partial charge in [-0.3, -0.25) is 4.79 Å². The highest BCUT2D eigenvalue weighted by molar-refractivity contribution is 6.33. The van der Waals surface area contributed by atoms with Crippen LogP contribution in [-0.2, 0) is 4.79 Å². The fourth-order valence-corrected chi connectivity index (χ4v) is 2.86. The number of nitrogens with zero attached hydrogens (tertiary/aromatic N) is 2. The number of carboxylic acid groups (broad SMARTS) is 1. The highest BCUT2D eigenvalue weighted by Gasteiger charge is 2.33. The van der Waals surface area contributed by atoms with Gasteiger partial charge >= 0.3 is 5.97 Å². The molecule has 3 rings (SSSR count). The molecule has 2 unspecified atom stereocenters. The zero-order valence-electron chi connectivity index (χ0n) is 10.9. The second-order valence-corrected chi connectivity index (χ2v) is 5.53. The number of carbonyl (C=O) groups is 1. The van der Waals surface area contributed by atoms with Gasteiger partial charge in [-0.25, -0.2) is 4.39 Å². The van der Waals surface area contributed by atoms with E-state index >= 15 is 0 Å². The van der Waals surface area contributed by atoms with Crippen molar-refractivity contribution in [1.82, 2.24) is 10.1 Å². The van der Waals surface area contributed by atoms with Crippen molar-refractivity contribution in [3.63, 3.8) is 0 Å². The maximum absolute atomic E-state index is 13.0. The van der Waals surface area contributed by atoms with E-state index in [9.17, 15) is 9.18 Å². The van der Waals surface area contributed by atoms with Crippen LogP contribution >= 0.6 is 11.6 Å². The Kier molecular flexibility index (Phi) is 3.63. The lowest BCUT2D eigenvalue weighted by atomic mass is 10.1. The van der Waals surface area contributed by atoms with E-state index in [4.69, 9.17) is 21.2 Å². The van der Waals surface area contributed by atoms with E-state index < -0.39 is 11.8 Å². The van der Waals surface area contributed by atoms with Crippen LogP contribution in [0, 0.1) is 11.7 Å². The third-order valence-corrected chi connectivity index (χ3v) is 4.06. The summed E-state index contributed by atoms with van der Waals surface area (Å²) in [5.74, 6) is -0.944. The van der Waals surface area contributed by atoms with E-state index in [1.165, 1.54) is 18.2 Å². The molecule has 21 heavy (non-hydrogen) atoms. The molecule has 0 amide bonds. The third kappa shape index (κ3) is 2.76. The lowest BCUT2D eigenvalue weighted by Crippen LogP contribution is -2.09. The summed E-state index contributed by atoms with van der Waals surface area (Å²) in [5, 5.41) is 13.1. The predicted octanol–water partition coefficient (Wildman–Crippen LogP) is 3.50. The highest BCUT2D eigenvalue weighted by atomic mass is 35.5. The minimum atomic E-state index is -0.793. The maximum Gasteiger partial charge on any atom is 0.306 e. The molecule has 0 spiro atoms. The number of aliphatic carboxylic acids is 1. The monoisotopic (exact) mass is 310 g/mol. The first kappa shape index (κ1) is 14.0. The van der Waals surface area contributed by atoms with E-state index in [-0.39, 0.29) is 22.7 Å². The molecule has 0 aliphatic heterocycles. The Bertz CT molecular complexity index is 689. The topological polar surface area (TPSA) is 76.2 Å². The van der Waals surface area contributed by atoms with Crippen molar-refractivity contribution in [3.8, 4) is 11.4 Å². The Labute approximate surface area is 124 Å². The van der Waals surface area contributed by atoms with Gasteiger partial charge in [0.05, 0.1) is 10.9 Å². The zero-order valence-corrected chi connectivity index (χ0v) is 11.7. The molecule has 1 aliphatic carbocycles. The number of aromatic nitrogens is 2. The number of benzene rings is 1. The fourth-order valence-electron chi connectivity index (χ4n) is 2.61. The van der Waals surface area contributed by atoms with Gasteiger partial charge < -0.3 is 9.63 Å². The molecule has 0 radical (unpaired) electrons. The molecule has 1 aliphatic rings. The lowest BCUT2D eigenvalue weighted by molar-refractivity contribution is -0.141. The van der Waals surface area contributed by atoms with Gasteiger partial charge in [0.15, 0.2) is 0 Å². The summed E-state index contributed by atoms with van der Waals surface area (Å²) in [6.45, 7) is 0. The van der Waals surface area contributed by atoms with Gasteiger partial charge in [-0.15, -0.1) is 0 Å². The van der Waals surface area contributed by atoms with Gasteiger partial charge in [0.2, 0.25) is 11.7 Å². The summed E-state index contributed by atoms with van der Waals surface area (Å²) in [7, 11) is 0. The standard InChI is InChI=1S/C14H12ClFN2O3/c15-11-6-9(16)3-4-10(11)12-17-13(21-18-12)7-1-2-8(5-7)14(19)20/h3-4,6-8H,1-2,5H2,(H,19,20). The first-order chi connectivity index (χ1) is 10.0. The van der Waals surface area contributed by atoms with E-state index in [2.05, 4.69) is 10.1 Å². The number of halogens is 2. The molecule has 1 heterocycles. The molecule has 1 fully saturated rings. The van der Waals surface area contributed by atoms with Crippen LogP contribution in [0.25, 0.3) is 11.4 Å². The van der Waals surface area contributed by atoms with Crippen molar-refractivity contribution in [3.05, 3.63) is 34.9 Å². The third-order valence-electron chi connectivity index (χ3n) is 3.74. The predicted molar refractivity (Wildman–Crippen MR) is 72.4 cm³/mol. The fraction of sp³-hybridized carbons (Fsp3) is 0.357. The molecular formula is C14H12ClFN2O3. The summed E-state index contributed by atoms with van der Waals surface area (Å²) >= 11 is 5.96. The molecular weight excluding hydrogens is 299 g/mol. The number of hydrogen-bond acceptors (Lipinski definition) is 4. The van der Waals surface area contributed by atoms with Crippen LogP contribution in [0.3, 0.4) is 0 Å². The van der Waals surface area contributed by atoms with Crippen LogP contribution in [0.5, 0.6) is 0 Å². The molecule has 110 valence electrons. The first-order valence-electron chi connectivity index (χ1n) is 6.56. The normalized spacial score (nSPS) is 21.6. The average molecular weight is 311 g/mol. The number of carboxylic acids is 1. The van der Waals surface area contributed by atoms with Crippen LogP contribution in [0.1, 0.15) is 31.1 Å². The van der Waals surface area contributed by atoms with Crippen LogP contribution in [0.15, 0.2) is 22.7 Å². The molecule has 2 atom stereocenters. The van der Waals surface area contributed by atoms with E-state index in [1.807, 2.05) is 0 Å². The van der Waals surface area contributed by atoms with Crippen LogP contribution in [0.4, 0.5) is 4.39 Å². The molecule has 1 N–H and O–H groups in total. The molecule has 2 aromatic rings. The molecule has 7 heteroatoms. The van der Waals surface area contributed by atoms with Gasteiger partial charge in [0.25, 0.3) is 0 Å². The molecule has 1 saturated carbocycles. The Balaban J connectivity index is 1.82. The van der Waals surface area contributed by atoms with Crippen LogP contribution in [0.2, 0.25) is 5.02 Å². The number of rotatable bonds is 3. The van der Waals surface area contributed by atoms with Crippen LogP contribution < -0.4 is 0 Å². The minimum absolute atomic E-state index is 0.0495. The molecule has 0 bridgehead atoms. The van der Waals surface area contributed by atoms with Gasteiger partial charge in [-0.05, 0) is 37.5 Å². The van der Waals surface area contributed by atoms with E-state index in [0.717, 1.165) is 0 Å². The second kappa shape index (κ2) is 5.44. The highest BCUT2D eigenvalue weighted by Crippen LogP contribution is 2.38. The van der Waals surface area contributed by atoms with Crippen molar-refractivity contribution in [2.45, 2.75) is 25.2 Å². The minimum Gasteiger partial charge on any atom is -0.481 e. The van der Waals surface area contributed by atoms with Crippen molar-refractivity contribution in [2.24, 2.45) is 5.92 Å². The number of hydrogen-bond donors (Lipinski definition) is 1. The Hall–Kier alpha value is -1.95. The summed E-state index contributed by atoms with van der Waals surface area (Å²) in [6, 6.07) is 3.94. The molecule has 5 nitrogen and oxygen atoms in total. The Morgan fingerprint density at radius 1 is 1.43 bits per heavy atom. The van der Waals surface area contributed by atoms with Gasteiger partial charge in [-0.2, -0.15) is 4.98 Å². The van der Waals surface area contributed by atoms with Crippen molar-refractivity contribution < 1.29 is 18.8 Å². The average Bonchev–Trinajstić information content (AvgIpc) is 3.07. The van der Waals surface area contributed by atoms with Crippen molar-refractivity contribution in [2.75, 3.05) is 0 Å².